The molecule has 4 nitrogen and oxygen atoms in total. The summed E-state index contributed by atoms with van der Waals surface area (Å²) in [6.45, 7) is 0. The van der Waals surface area contributed by atoms with Gasteiger partial charge in [-0.25, -0.2) is 0 Å². The molecule has 8 aromatic carbocycles. The Labute approximate surface area is 296 Å². The smallest absolute Gasteiger partial charge is 0.160 e. The van der Waals surface area contributed by atoms with Gasteiger partial charge in [-0.1, -0.05) is 97.1 Å². The van der Waals surface area contributed by atoms with E-state index in [1.807, 2.05) is 12.1 Å². The van der Waals surface area contributed by atoms with Crippen LogP contribution in [0.3, 0.4) is 0 Å². The zero-order valence-corrected chi connectivity index (χ0v) is 27.9. The van der Waals surface area contributed by atoms with E-state index in [0.717, 1.165) is 93.8 Å². The van der Waals surface area contributed by atoms with Crippen LogP contribution in [0.1, 0.15) is 0 Å². The third kappa shape index (κ3) is 3.70. The SMILES string of the molecule is c1ccc(-n2c3cc(-c4ccc5c(c4)c4ccc6c7ccccc7oc6c4n5-c4ccccc4)ccc3c3c4oc5ccccc5c4ccc32)cc1. The lowest BCUT2D eigenvalue weighted by Crippen LogP contribution is -1.94. The summed E-state index contributed by atoms with van der Waals surface area (Å²) in [5.74, 6) is 0. The molecule has 0 aliphatic carbocycles. The molecule has 0 fully saturated rings. The summed E-state index contributed by atoms with van der Waals surface area (Å²) in [6, 6.07) is 60.5. The van der Waals surface area contributed by atoms with Gasteiger partial charge in [-0.2, -0.15) is 0 Å². The molecule has 0 bridgehead atoms. The topological polar surface area (TPSA) is 36.1 Å². The Kier molecular flexibility index (Phi) is 5.47. The normalized spacial score (nSPS) is 12.2. The minimum atomic E-state index is 0.901. The van der Waals surface area contributed by atoms with Crippen LogP contribution in [0.4, 0.5) is 0 Å². The number of para-hydroxylation sites is 4. The van der Waals surface area contributed by atoms with Crippen molar-refractivity contribution in [1.82, 2.24) is 9.13 Å². The third-order valence-corrected chi connectivity index (χ3v) is 10.9. The summed E-state index contributed by atoms with van der Waals surface area (Å²) in [7, 11) is 0. The van der Waals surface area contributed by atoms with Crippen LogP contribution in [-0.2, 0) is 0 Å². The molecule has 4 heterocycles. The van der Waals surface area contributed by atoms with Gasteiger partial charge in [0.2, 0.25) is 0 Å². The highest BCUT2D eigenvalue weighted by Crippen LogP contribution is 2.44. The summed E-state index contributed by atoms with van der Waals surface area (Å²) in [5, 5.41) is 9.19. The van der Waals surface area contributed by atoms with Crippen LogP contribution in [0, 0.1) is 0 Å². The van der Waals surface area contributed by atoms with E-state index in [2.05, 4.69) is 167 Å². The first-order valence-corrected chi connectivity index (χ1v) is 17.7. The summed E-state index contributed by atoms with van der Waals surface area (Å²) in [4.78, 5) is 0. The van der Waals surface area contributed by atoms with E-state index in [1.165, 1.54) is 16.2 Å². The number of hydrogen-bond acceptors (Lipinski definition) is 2. The first-order chi connectivity index (χ1) is 25.8. The summed E-state index contributed by atoms with van der Waals surface area (Å²) >= 11 is 0. The lowest BCUT2D eigenvalue weighted by Gasteiger charge is -2.10. The highest BCUT2D eigenvalue weighted by molar-refractivity contribution is 6.25. The molecule has 4 aromatic heterocycles. The predicted molar refractivity (Wildman–Crippen MR) is 215 cm³/mol. The first-order valence-electron chi connectivity index (χ1n) is 17.7. The molecule has 12 aromatic rings. The van der Waals surface area contributed by atoms with Crippen LogP contribution in [0.2, 0.25) is 0 Å². The van der Waals surface area contributed by atoms with E-state index in [0.29, 0.717) is 0 Å². The Morgan fingerprint density at radius 3 is 1.62 bits per heavy atom. The molecule has 0 radical (unpaired) electrons. The lowest BCUT2D eigenvalue weighted by atomic mass is 10.0. The highest BCUT2D eigenvalue weighted by Gasteiger charge is 2.22. The van der Waals surface area contributed by atoms with E-state index >= 15 is 0 Å². The van der Waals surface area contributed by atoms with Gasteiger partial charge >= 0.3 is 0 Å². The molecule has 242 valence electrons. The van der Waals surface area contributed by atoms with Crippen LogP contribution in [-0.4, -0.2) is 9.13 Å². The molecule has 4 heteroatoms. The van der Waals surface area contributed by atoms with Crippen molar-refractivity contribution in [3.05, 3.63) is 170 Å². The fourth-order valence-electron chi connectivity index (χ4n) is 8.62. The van der Waals surface area contributed by atoms with Crippen LogP contribution in [0.5, 0.6) is 0 Å². The number of aromatic nitrogens is 2. The lowest BCUT2D eigenvalue weighted by molar-refractivity contribution is 0.671. The maximum atomic E-state index is 6.62. The van der Waals surface area contributed by atoms with Crippen molar-refractivity contribution < 1.29 is 8.83 Å². The molecule has 0 saturated heterocycles. The van der Waals surface area contributed by atoms with Crippen molar-refractivity contribution in [3.8, 4) is 22.5 Å². The minimum absolute atomic E-state index is 0.901. The van der Waals surface area contributed by atoms with Crippen LogP contribution >= 0.6 is 0 Å². The van der Waals surface area contributed by atoms with E-state index in [4.69, 9.17) is 8.83 Å². The summed E-state index contributed by atoms with van der Waals surface area (Å²) in [6.07, 6.45) is 0. The molecular weight excluding hydrogens is 637 g/mol. The molecule has 0 amide bonds. The fourth-order valence-corrected chi connectivity index (χ4v) is 8.62. The Morgan fingerprint density at radius 1 is 0.327 bits per heavy atom. The molecule has 0 N–H and O–H groups in total. The fraction of sp³-hybridized carbons (Fsp3) is 0. The van der Waals surface area contributed by atoms with Gasteiger partial charge < -0.3 is 18.0 Å². The predicted octanol–water partition coefficient (Wildman–Crippen LogP) is 13.3. The molecule has 0 aliphatic rings. The van der Waals surface area contributed by atoms with Crippen LogP contribution in [0.25, 0.3) is 110 Å². The van der Waals surface area contributed by atoms with Crippen molar-refractivity contribution in [3.63, 3.8) is 0 Å². The van der Waals surface area contributed by atoms with E-state index < -0.39 is 0 Å². The quantitative estimate of drug-likeness (QED) is 0.188. The second-order valence-corrected chi connectivity index (χ2v) is 13.7. The zero-order chi connectivity index (χ0) is 33.9. The van der Waals surface area contributed by atoms with E-state index in [-0.39, 0.29) is 0 Å². The van der Waals surface area contributed by atoms with Gasteiger partial charge in [0.05, 0.1) is 27.5 Å². The Balaban J connectivity index is 1.14. The van der Waals surface area contributed by atoms with Gasteiger partial charge in [-0.05, 0) is 83.9 Å². The molecule has 0 spiro atoms. The number of nitrogens with zero attached hydrogens (tertiary/aromatic N) is 2. The van der Waals surface area contributed by atoms with Crippen molar-refractivity contribution in [1.29, 1.82) is 0 Å². The van der Waals surface area contributed by atoms with Gasteiger partial charge in [0.15, 0.2) is 5.58 Å². The van der Waals surface area contributed by atoms with Crippen molar-refractivity contribution in [2.45, 2.75) is 0 Å². The maximum absolute atomic E-state index is 6.62. The Bertz CT molecular complexity index is 3400. The molecule has 12 rings (SSSR count). The van der Waals surface area contributed by atoms with Gasteiger partial charge in [0.1, 0.15) is 16.7 Å². The van der Waals surface area contributed by atoms with Gasteiger partial charge in [0.25, 0.3) is 0 Å². The zero-order valence-electron chi connectivity index (χ0n) is 27.9. The molecule has 0 atom stereocenters. The summed E-state index contributed by atoms with van der Waals surface area (Å²) < 4.78 is 17.9. The molecule has 0 unspecified atom stereocenters. The molecule has 0 aliphatic heterocycles. The van der Waals surface area contributed by atoms with Crippen LogP contribution in [0.15, 0.2) is 179 Å². The number of rotatable bonds is 3. The van der Waals surface area contributed by atoms with E-state index in [9.17, 15) is 0 Å². The molecule has 52 heavy (non-hydrogen) atoms. The second kappa shape index (κ2) is 10.3. The Morgan fingerprint density at radius 2 is 0.865 bits per heavy atom. The van der Waals surface area contributed by atoms with Gasteiger partial charge in [-0.3, -0.25) is 0 Å². The second-order valence-electron chi connectivity index (χ2n) is 13.7. The summed E-state index contributed by atoms with van der Waals surface area (Å²) in [5.41, 5.74) is 12.7. The Hall–Kier alpha value is -7.04. The third-order valence-electron chi connectivity index (χ3n) is 10.9. The number of benzene rings is 8. The number of fused-ring (bicyclic) bond motifs is 14. The number of furan rings is 2. The molecule has 0 saturated carbocycles. The largest absolute Gasteiger partial charge is 0.455 e. The van der Waals surface area contributed by atoms with Crippen molar-refractivity contribution in [2.24, 2.45) is 0 Å². The van der Waals surface area contributed by atoms with Crippen molar-refractivity contribution >= 4 is 87.5 Å². The van der Waals surface area contributed by atoms with Crippen LogP contribution < -0.4 is 0 Å². The monoisotopic (exact) mass is 664 g/mol. The van der Waals surface area contributed by atoms with E-state index in [1.54, 1.807) is 0 Å². The maximum Gasteiger partial charge on any atom is 0.160 e. The standard InChI is InChI=1S/C48H28N2O2/c1-3-11-31(12-4-1)49-41-26-24-36-33-15-7-9-17-43(33)51-47(36)45(41)38-21-19-30(28-42(38)49)29-20-25-40-39(27-29)35-22-23-37-34-16-8-10-18-44(34)52-48(37)46(35)50(40)32-13-5-2-6-14-32/h1-28H. The minimum Gasteiger partial charge on any atom is -0.455 e. The average molecular weight is 665 g/mol. The van der Waals surface area contributed by atoms with Gasteiger partial charge in [-0.15, -0.1) is 0 Å². The first kappa shape index (κ1) is 27.7. The average Bonchev–Trinajstić information content (AvgIpc) is 3.95. The van der Waals surface area contributed by atoms with Gasteiger partial charge in [0, 0.05) is 49.1 Å². The molecular formula is C48H28N2O2. The number of hydrogen-bond donors (Lipinski definition) is 0. The van der Waals surface area contributed by atoms with Crippen molar-refractivity contribution in [2.75, 3.05) is 0 Å². The highest BCUT2D eigenvalue weighted by atomic mass is 16.3.